The van der Waals surface area contributed by atoms with Crippen molar-refractivity contribution in [3.05, 3.63) is 53.6 Å². The van der Waals surface area contributed by atoms with Crippen LogP contribution in [-0.4, -0.2) is 30.3 Å². The van der Waals surface area contributed by atoms with Crippen LogP contribution in [-0.2, 0) is 13.1 Å². The molecule has 0 aliphatic rings. The van der Waals surface area contributed by atoms with Gasteiger partial charge in [-0.15, -0.1) is 0 Å². The number of hydrogen-bond acceptors (Lipinski definition) is 4. The molecule has 4 nitrogen and oxygen atoms in total. The monoisotopic (exact) mass is 315 g/mol. The van der Waals surface area contributed by atoms with Crippen molar-refractivity contribution in [2.24, 2.45) is 0 Å². The molecule has 0 aromatic heterocycles. The van der Waals surface area contributed by atoms with E-state index in [1.54, 1.807) is 19.2 Å². The maximum Gasteiger partial charge on any atom is 0.160 e. The molecule has 124 valence electrons. The van der Waals surface area contributed by atoms with Crippen LogP contribution < -0.4 is 9.47 Å². The highest BCUT2D eigenvalue weighted by Gasteiger charge is 2.10. The third-order valence-corrected chi connectivity index (χ3v) is 3.76. The number of rotatable bonds is 8. The van der Waals surface area contributed by atoms with Crippen LogP contribution in [0.5, 0.6) is 17.2 Å². The van der Waals surface area contributed by atoms with Crippen LogP contribution in [0.15, 0.2) is 42.5 Å². The van der Waals surface area contributed by atoms with Crippen LogP contribution in [0.2, 0.25) is 0 Å². The van der Waals surface area contributed by atoms with E-state index in [0.29, 0.717) is 12.4 Å². The van der Waals surface area contributed by atoms with Crippen molar-refractivity contribution >= 4 is 0 Å². The fraction of sp³-hybridized carbons (Fsp3) is 0.368. The van der Waals surface area contributed by atoms with Gasteiger partial charge in [-0.05, 0) is 37.2 Å². The summed E-state index contributed by atoms with van der Waals surface area (Å²) in [5.41, 5.74) is 2.23. The van der Waals surface area contributed by atoms with Crippen LogP contribution in [0.4, 0.5) is 0 Å². The summed E-state index contributed by atoms with van der Waals surface area (Å²) in [6.07, 6.45) is 0. The summed E-state index contributed by atoms with van der Waals surface area (Å²) in [6.45, 7) is 7.26. The Morgan fingerprint density at radius 1 is 1.00 bits per heavy atom. The molecule has 0 aliphatic carbocycles. The van der Waals surface area contributed by atoms with Gasteiger partial charge in [0.2, 0.25) is 0 Å². The van der Waals surface area contributed by atoms with Crippen molar-refractivity contribution in [2.75, 3.05) is 20.3 Å². The molecule has 0 amide bonds. The Bertz CT molecular complexity index is 628. The van der Waals surface area contributed by atoms with E-state index in [4.69, 9.17) is 9.47 Å². The van der Waals surface area contributed by atoms with Gasteiger partial charge in [0.25, 0.3) is 0 Å². The van der Waals surface area contributed by atoms with Crippen LogP contribution in [0.1, 0.15) is 25.0 Å². The summed E-state index contributed by atoms with van der Waals surface area (Å²) >= 11 is 0. The molecular formula is C19H25NO3. The maximum atomic E-state index is 9.92. The van der Waals surface area contributed by atoms with Gasteiger partial charge in [0.05, 0.1) is 13.7 Å². The van der Waals surface area contributed by atoms with Gasteiger partial charge in [0.1, 0.15) is 5.75 Å². The zero-order chi connectivity index (χ0) is 16.7. The normalized spacial score (nSPS) is 10.8. The molecule has 2 aromatic rings. The van der Waals surface area contributed by atoms with Crippen molar-refractivity contribution in [1.82, 2.24) is 4.90 Å². The number of phenolic OH excluding ortho intramolecular Hbond substituents is 1. The summed E-state index contributed by atoms with van der Waals surface area (Å²) in [5.74, 6) is 1.61. The second kappa shape index (κ2) is 8.44. The molecule has 1 N–H and O–H groups in total. The third kappa shape index (κ3) is 4.63. The van der Waals surface area contributed by atoms with E-state index in [9.17, 15) is 5.11 Å². The first-order chi connectivity index (χ1) is 11.2. The maximum absolute atomic E-state index is 9.92. The molecule has 0 fully saturated rings. The molecule has 2 aromatic carbocycles. The summed E-state index contributed by atoms with van der Waals surface area (Å²) in [5, 5.41) is 9.92. The number of phenols is 1. The summed E-state index contributed by atoms with van der Waals surface area (Å²) in [6, 6.07) is 13.7. The SMILES string of the molecule is CCOc1ccccc1CN(CC)Cc1ccc(OC)c(O)c1. The zero-order valence-corrected chi connectivity index (χ0v) is 14.1. The number of para-hydroxylation sites is 1. The topological polar surface area (TPSA) is 41.9 Å². The Morgan fingerprint density at radius 3 is 2.43 bits per heavy atom. The second-order valence-corrected chi connectivity index (χ2v) is 5.35. The quantitative estimate of drug-likeness (QED) is 0.804. The van der Waals surface area contributed by atoms with Crippen molar-refractivity contribution in [3.8, 4) is 17.2 Å². The molecule has 0 atom stereocenters. The van der Waals surface area contributed by atoms with Gasteiger partial charge in [-0.2, -0.15) is 0 Å². The first kappa shape index (κ1) is 17.2. The van der Waals surface area contributed by atoms with E-state index in [2.05, 4.69) is 17.9 Å². The Hall–Kier alpha value is -2.20. The van der Waals surface area contributed by atoms with Gasteiger partial charge >= 0.3 is 0 Å². The molecular weight excluding hydrogens is 290 g/mol. The van der Waals surface area contributed by atoms with Crippen LogP contribution >= 0.6 is 0 Å². The molecule has 0 heterocycles. The van der Waals surface area contributed by atoms with E-state index in [1.807, 2.05) is 31.2 Å². The minimum atomic E-state index is 0.177. The number of ether oxygens (including phenoxy) is 2. The molecule has 4 heteroatoms. The van der Waals surface area contributed by atoms with E-state index in [1.165, 1.54) is 5.56 Å². The van der Waals surface area contributed by atoms with E-state index in [-0.39, 0.29) is 5.75 Å². The fourth-order valence-corrected chi connectivity index (χ4v) is 2.54. The van der Waals surface area contributed by atoms with Gasteiger partial charge in [0, 0.05) is 18.7 Å². The Balaban J connectivity index is 2.10. The first-order valence-electron chi connectivity index (χ1n) is 7.96. The molecule has 0 bridgehead atoms. The van der Waals surface area contributed by atoms with E-state index >= 15 is 0 Å². The van der Waals surface area contributed by atoms with Crippen molar-refractivity contribution in [1.29, 1.82) is 0 Å². The first-order valence-corrected chi connectivity index (χ1v) is 7.96. The molecule has 2 rings (SSSR count). The molecule has 0 aliphatic heterocycles. The predicted molar refractivity (Wildman–Crippen MR) is 92.1 cm³/mol. The Kier molecular flexibility index (Phi) is 6.29. The minimum Gasteiger partial charge on any atom is -0.504 e. The van der Waals surface area contributed by atoms with Crippen LogP contribution in [0.25, 0.3) is 0 Å². The fourth-order valence-electron chi connectivity index (χ4n) is 2.54. The van der Waals surface area contributed by atoms with Gasteiger partial charge in [-0.1, -0.05) is 31.2 Å². The number of aromatic hydroxyl groups is 1. The van der Waals surface area contributed by atoms with Gasteiger partial charge < -0.3 is 14.6 Å². The minimum absolute atomic E-state index is 0.177. The molecule has 0 saturated carbocycles. The average molecular weight is 315 g/mol. The van der Waals surface area contributed by atoms with Crippen LogP contribution in [0, 0.1) is 0 Å². The Labute approximate surface area is 138 Å². The molecule has 0 unspecified atom stereocenters. The zero-order valence-electron chi connectivity index (χ0n) is 14.1. The van der Waals surface area contributed by atoms with Crippen molar-refractivity contribution < 1.29 is 14.6 Å². The highest BCUT2D eigenvalue weighted by molar-refractivity contribution is 5.41. The van der Waals surface area contributed by atoms with Gasteiger partial charge in [-0.3, -0.25) is 4.90 Å². The summed E-state index contributed by atoms with van der Waals surface area (Å²) in [7, 11) is 1.55. The number of benzene rings is 2. The molecule has 0 spiro atoms. The van der Waals surface area contributed by atoms with Crippen LogP contribution in [0.3, 0.4) is 0 Å². The predicted octanol–water partition coefficient (Wildman–Crippen LogP) is 3.82. The number of methoxy groups -OCH3 is 1. The summed E-state index contributed by atoms with van der Waals surface area (Å²) in [4.78, 5) is 2.30. The smallest absolute Gasteiger partial charge is 0.160 e. The standard InChI is InChI=1S/C19H25NO3/c1-4-20(13-15-10-11-19(22-3)17(21)12-15)14-16-8-6-7-9-18(16)23-5-2/h6-12,21H,4-5,13-14H2,1-3H3. The lowest BCUT2D eigenvalue weighted by Crippen LogP contribution is -2.22. The van der Waals surface area contributed by atoms with E-state index < -0.39 is 0 Å². The Morgan fingerprint density at radius 2 is 1.78 bits per heavy atom. The third-order valence-electron chi connectivity index (χ3n) is 3.76. The van der Waals surface area contributed by atoms with Gasteiger partial charge in [-0.25, -0.2) is 0 Å². The second-order valence-electron chi connectivity index (χ2n) is 5.35. The lowest BCUT2D eigenvalue weighted by atomic mass is 10.1. The van der Waals surface area contributed by atoms with Gasteiger partial charge in [0.15, 0.2) is 11.5 Å². The van der Waals surface area contributed by atoms with Crippen molar-refractivity contribution in [3.63, 3.8) is 0 Å². The lowest BCUT2D eigenvalue weighted by molar-refractivity contribution is 0.261. The molecule has 23 heavy (non-hydrogen) atoms. The largest absolute Gasteiger partial charge is 0.504 e. The van der Waals surface area contributed by atoms with E-state index in [0.717, 1.165) is 30.9 Å². The average Bonchev–Trinajstić information content (AvgIpc) is 2.56. The highest BCUT2D eigenvalue weighted by atomic mass is 16.5. The molecule has 0 radical (unpaired) electrons. The number of hydrogen-bond donors (Lipinski definition) is 1. The highest BCUT2D eigenvalue weighted by Crippen LogP contribution is 2.27. The number of nitrogens with zero attached hydrogens (tertiary/aromatic N) is 1. The summed E-state index contributed by atoms with van der Waals surface area (Å²) < 4.78 is 10.8. The van der Waals surface area contributed by atoms with Crippen molar-refractivity contribution in [2.45, 2.75) is 26.9 Å². The molecule has 0 saturated heterocycles. The lowest BCUT2D eigenvalue weighted by Gasteiger charge is -2.22.